The van der Waals surface area contributed by atoms with Gasteiger partial charge in [-0.2, -0.15) is 0 Å². The first-order valence-electron chi connectivity index (χ1n) is 7.35. The topological polar surface area (TPSA) is 62.3 Å². The number of nitrogens with zero attached hydrogens (tertiary/aromatic N) is 2. The highest BCUT2D eigenvalue weighted by atomic mass is 32.1. The van der Waals surface area contributed by atoms with E-state index in [1.54, 1.807) is 18.3 Å². The number of alkyl halides is 2. The number of thiophene rings is 1. The van der Waals surface area contributed by atoms with Gasteiger partial charge in [-0.3, -0.25) is 9.59 Å². The van der Waals surface area contributed by atoms with E-state index in [1.165, 1.54) is 16.2 Å². The van der Waals surface area contributed by atoms with Gasteiger partial charge in [0.05, 0.1) is 4.88 Å². The normalized spacial score (nSPS) is 19.9. The van der Waals surface area contributed by atoms with Crippen LogP contribution in [0.3, 0.4) is 0 Å². The van der Waals surface area contributed by atoms with E-state index >= 15 is 0 Å². The third-order valence-electron chi connectivity index (χ3n) is 3.92. The Bertz CT molecular complexity index is 772. The number of pyridine rings is 1. The Morgan fingerprint density at radius 2 is 2.29 bits per heavy atom. The zero-order valence-corrected chi connectivity index (χ0v) is 13.5. The number of halogens is 2. The van der Waals surface area contributed by atoms with Crippen molar-refractivity contribution in [2.24, 2.45) is 0 Å². The van der Waals surface area contributed by atoms with Crippen LogP contribution >= 0.6 is 11.3 Å². The molecule has 0 radical (unpaired) electrons. The Balaban J connectivity index is 1.79. The van der Waals surface area contributed by atoms with Crippen LogP contribution in [0.25, 0.3) is 10.2 Å². The van der Waals surface area contributed by atoms with Gasteiger partial charge >= 0.3 is 0 Å². The number of amides is 2. The molecule has 1 aliphatic rings. The van der Waals surface area contributed by atoms with E-state index in [4.69, 9.17) is 0 Å². The number of carbonyl (C=O) groups is 2. The van der Waals surface area contributed by atoms with Crippen molar-refractivity contribution in [1.82, 2.24) is 15.2 Å². The van der Waals surface area contributed by atoms with Gasteiger partial charge in [0.2, 0.25) is 5.91 Å². The number of hydrogen-bond donors (Lipinski definition) is 1. The first-order valence-corrected chi connectivity index (χ1v) is 8.17. The van der Waals surface area contributed by atoms with Crippen molar-refractivity contribution in [2.75, 3.05) is 13.1 Å². The maximum atomic E-state index is 14.0. The van der Waals surface area contributed by atoms with Crippen molar-refractivity contribution in [3.63, 3.8) is 0 Å². The van der Waals surface area contributed by atoms with Crippen LogP contribution in [0.15, 0.2) is 37.1 Å². The quantitative estimate of drug-likeness (QED) is 0.864. The first-order chi connectivity index (χ1) is 11.4. The molecule has 1 atom stereocenters. The SMILES string of the molecule is C=CC(=O)NC1CN(C(=O)c2cc3cccnc3s2)CCC1(F)F. The number of carbonyl (C=O) groups excluding carboxylic acids is 2. The lowest BCUT2D eigenvalue weighted by molar-refractivity contribution is -0.124. The third-order valence-corrected chi connectivity index (χ3v) is 4.97. The van der Waals surface area contributed by atoms with Crippen LogP contribution in [0, 0.1) is 0 Å². The highest BCUT2D eigenvalue weighted by Crippen LogP contribution is 2.31. The molecule has 1 aliphatic heterocycles. The molecule has 8 heteroatoms. The summed E-state index contributed by atoms with van der Waals surface area (Å²) in [6.45, 7) is 2.95. The number of fused-ring (bicyclic) bond motifs is 1. The fourth-order valence-electron chi connectivity index (χ4n) is 2.60. The summed E-state index contributed by atoms with van der Waals surface area (Å²) in [6.07, 6.45) is 2.08. The first kappa shape index (κ1) is 16.5. The second-order valence-electron chi connectivity index (χ2n) is 5.54. The van der Waals surface area contributed by atoms with Crippen LogP contribution in [0.2, 0.25) is 0 Å². The molecule has 0 bridgehead atoms. The number of hydrogen-bond acceptors (Lipinski definition) is 4. The summed E-state index contributed by atoms with van der Waals surface area (Å²) in [7, 11) is 0. The van der Waals surface area contributed by atoms with Gasteiger partial charge in [0.1, 0.15) is 10.9 Å². The summed E-state index contributed by atoms with van der Waals surface area (Å²) in [5.74, 6) is -4.07. The van der Waals surface area contributed by atoms with E-state index < -0.39 is 24.3 Å². The van der Waals surface area contributed by atoms with Crippen LogP contribution in [0.1, 0.15) is 16.1 Å². The molecule has 0 saturated carbocycles. The van der Waals surface area contributed by atoms with Gasteiger partial charge in [0.15, 0.2) is 0 Å². The van der Waals surface area contributed by atoms with E-state index in [2.05, 4.69) is 16.9 Å². The summed E-state index contributed by atoms with van der Waals surface area (Å²) in [6, 6.07) is 3.89. The average Bonchev–Trinajstić information content (AvgIpc) is 3.00. The van der Waals surface area contributed by atoms with Crippen molar-refractivity contribution in [1.29, 1.82) is 0 Å². The fourth-order valence-corrected chi connectivity index (χ4v) is 3.57. The molecule has 1 saturated heterocycles. The molecule has 0 aliphatic carbocycles. The van der Waals surface area contributed by atoms with Crippen molar-refractivity contribution in [3.05, 3.63) is 41.9 Å². The van der Waals surface area contributed by atoms with Gasteiger partial charge in [-0.1, -0.05) is 12.6 Å². The summed E-state index contributed by atoms with van der Waals surface area (Å²) in [5.41, 5.74) is 0. The van der Waals surface area contributed by atoms with Gasteiger partial charge < -0.3 is 10.2 Å². The standard InChI is InChI=1S/C16H15F2N3O2S/c1-2-13(22)20-12-9-21(7-5-16(12,17)18)15(23)11-8-10-4-3-6-19-14(10)24-11/h2-4,6,8,12H,1,5,7,9H2,(H,20,22). The molecule has 2 aromatic heterocycles. The van der Waals surface area contributed by atoms with E-state index in [9.17, 15) is 18.4 Å². The van der Waals surface area contributed by atoms with Crippen LogP contribution in [0.5, 0.6) is 0 Å². The third kappa shape index (κ3) is 3.14. The largest absolute Gasteiger partial charge is 0.342 e. The molecule has 0 spiro atoms. The van der Waals surface area contributed by atoms with Crippen LogP contribution in [-0.2, 0) is 4.79 Å². The molecule has 1 unspecified atom stereocenters. The Labute approximate surface area is 141 Å². The molecular weight excluding hydrogens is 336 g/mol. The van der Waals surface area contributed by atoms with Crippen molar-refractivity contribution < 1.29 is 18.4 Å². The van der Waals surface area contributed by atoms with Gasteiger partial charge in [0, 0.05) is 31.1 Å². The van der Waals surface area contributed by atoms with Crippen molar-refractivity contribution >= 4 is 33.4 Å². The molecule has 0 aromatic carbocycles. The number of nitrogens with one attached hydrogen (secondary N) is 1. The highest BCUT2D eigenvalue weighted by Gasteiger charge is 2.46. The molecule has 2 aromatic rings. The van der Waals surface area contributed by atoms with Crippen molar-refractivity contribution in [3.8, 4) is 0 Å². The monoisotopic (exact) mass is 351 g/mol. The van der Waals surface area contributed by atoms with Crippen molar-refractivity contribution in [2.45, 2.75) is 18.4 Å². The van der Waals surface area contributed by atoms with Crippen LogP contribution < -0.4 is 5.32 Å². The Morgan fingerprint density at radius 1 is 1.50 bits per heavy atom. The summed E-state index contributed by atoms with van der Waals surface area (Å²) in [5, 5.41) is 3.05. The predicted octanol–water partition coefficient (Wildman–Crippen LogP) is 2.45. The smallest absolute Gasteiger partial charge is 0.271 e. The molecule has 24 heavy (non-hydrogen) atoms. The average molecular weight is 351 g/mol. The summed E-state index contributed by atoms with van der Waals surface area (Å²) < 4.78 is 28.0. The fraction of sp³-hybridized carbons (Fsp3) is 0.312. The van der Waals surface area contributed by atoms with E-state index in [0.29, 0.717) is 4.88 Å². The van der Waals surface area contributed by atoms with Gasteiger partial charge in [-0.05, 0) is 18.2 Å². The van der Waals surface area contributed by atoms with Crippen LogP contribution in [-0.4, -0.2) is 46.8 Å². The molecule has 126 valence electrons. The lowest BCUT2D eigenvalue weighted by Gasteiger charge is -2.38. The van der Waals surface area contributed by atoms with Gasteiger partial charge in [0.25, 0.3) is 11.8 Å². The van der Waals surface area contributed by atoms with E-state index in [0.717, 1.165) is 16.3 Å². The lowest BCUT2D eigenvalue weighted by Crippen LogP contribution is -2.59. The van der Waals surface area contributed by atoms with E-state index in [-0.39, 0.29) is 19.0 Å². The maximum Gasteiger partial charge on any atom is 0.271 e. The predicted molar refractivity (Wildman–Crippen MR) is 87.2 cm³/mol. The number of likely N-dealkylation sites (tertiary alicyclic amines) is 1. The second-order valence-corrected chi connectivity index (χ2v) is 6.57. The molecule has 3 rings (SSSR count). The lowest BCUT2D eigenvalue weighted by atomic mass is 10.0. The summed E-state index contributed by atoms with van der Waals surface area (Å²) in [4.78, 5) is 30.7. The minimum Gasteiger partial charge on any atom is -0.342 e. The molecule has 1 fully saturated rings. The molecular formula is C16H15F2N3O2S. The van der Waals surface area contributed by atoms with Gasteiger partial charge in [-0.15, -0.1) is 11.3 Å². The zero-order valence-electron chi connectivity index (χ0n) is 12.7. The Kier molecular flexibility index (Phi) is 4.31. The van der Waals surface area contributed by atoms with E-state index in [1.807, 2.05) is 6.07 Å². The Morgan fingerprint density at radius 3 is 3.00 bits per heavy atom. The molecule has 5 nitrogen and oxygen atoms in total. The minimum atomic E-state index is -3.06. The minimum absolute atomic E-state index is 0.0615. The molecule has 2 amide bonds. The highest BCUT2D eigenvalue weighted by molar-refractivity contribution is 7.20. The number of rotatable bonds is 3. The summed E-state index contributed by atoms with van der Waals surface area (Å²) >= 11 is 1.23. The molecule has 3 heterocycles. The second kappa shape index (κ2) is 6.27. The van der Waals surface area contributed by atoms with Gasteiger partial charge in [-0.25, -0.2) is 13.8 Å². The molecule has 1 N–H and O–H groups in total. The van der Waals surface area contributed by atoms with Crippen LogP contribution in [0.4, 0.5) is 8.78 Å². The zero-order chi connectivity index (χ0) is 17.3. The number of aromatic nitrogens is 1. The maximum absolute atomic E-state index is 14.0. The Hall–Kier alpha value is -2.35. The number of piperidine rings is 1.